The van der Waals surface area contributed by atoms with Crippen LogP contribution in [-0.2, 0) is 20.9 Å². The highest BCUT2D eigenvalue weighted by molar-refractivity contribution is 6.42. The zero-order chi connectivity index (χ0) is 17.2. The van der Waals surface area contributed by atoms with Crippen LogP contribution in [0.25, 0.3) is 0 Å². The first-order chi connectivity index (χ1) is 10.8. The van der Waals surface area contributed by atoms with Gasteiger partial charge in [0, 0.05) is 0 Å². The Morgan fingerprint density at radius 3 is 2.57 bits per heavy atom. The Kier molecular flexibility index (Phi) is 5.16. The highest BCUT2D eigenvalue weighted by Gasteiger charge is 2.47. The summed E-state index contributed by atoms with van der Waals surface area (Å²) in [6.45, 7) is 2.95. The average Bonchev–Trinajstić information content (AvgIpc) is 2.72. The zero-order valence-corrected chi connectivity index (χ0v) is 14.2. The molecule has 8 heteroatoms. The molecule has 1 fully saturated rings. The van der Waals surface area contributed by atoms with Gasteiger partial charge in [0.05, 0.1) is 10.0 Å². The van der Waals surface area contributed by atoms with E-state index in [0.717, 1.165) is 4.90 Å². The van der Waals surface area contributed by atoms with Crippen molar-refractivity contribution in [2.45, 2.75) is 32.4 Å². The first kappa shape index (κ1) is 17.6. The van der Waals surface area contributed by atoms with Crippen molar-refractivity contribution >= 4 is 41.1 Å². The summed E-state index contributed by atoms with van der Waals surface area (Å²) in [4.78, 5) is 36.7. The lowest BCUT2D eigenvalue weighted by molar-refractivity contribution is -0.148. The quantitative estimate of drug-likeness (QED) is 0.648. The van der Waals surface area contributed by atoms with Crippen LogP contribution in [0.2, 0.25) is 10.0 Å². The molecular weight excluding hydrogens is 343 g/mol. The molecule has 0 aliphatic carbocycles. The predicted octanol–water partition coefficient (Wildman–Crippen LogP) is 2.76. The van der Waals surface area contributed by atoms with Gasteiger partial charge < -0.3 is 10.1 Å². The molecule has 6 nitrogen and oxygen atoms in total. The van der Waals surface area contributed by atoms with Gasteiger partial charge in [0.25, 0.3) is 5.91 Å². The van der Waals surface area contributed by atoms with Crippen molar-refractivity contribution < 1.29 is 19.1 Å². The molecule has 1 heterocycles. The third-order valence-electron chi connectivity index (χ3n) is 3.72. The third kappa shape index (κ3) is 3.76. The van der Waals surface area contributed by atoms with E-state index in [2.05, 4.69) is 5.32 Å². The molecule has 1 N–H and O–H groups in total. The van der Waals surface area contributed by atoms with Crippen molar-refractivity contribution in [1.82, 2.24) is 10.2 Å². The van der Waals surface area contributed by atoms with E-state index < -0.39 is 30.0 Å². The van der Waals surface area contributed by atoms with E-state index >= 15 is 0 Å². The molecule has 0 spiro atoms. The molecule has 1 aliphatic rings. The first-order valence-electron chi connectivity index (χ1n) is 7.00. The molecule has 0 aromatic heterocycles. The van der Waals surface area contributed by atoms with Crippen LogP contribution in [0.15, 0.2) is 18.2 Å². The second-order valence-electron chi connectivity index (χ2n) is 5.42. The number of benzene rings is 1. The summed E-state index contributed by atoms with van der Waals surface area (Å²) in [7, 11) is 0. The number of rotatable bonds is 5. The van der Waals surface area contributed by atoms with E-state index in [0.29, 0.717) is 22.0 Å². The summed E-state index contributed by atoms with van der Waals surface area (Å²) in [5.74, 6) is -1.11. The maximum atomic E-state index is 12.2. The molecule has 1 aromatic carbocycles. The number of urea groups is 1. The van der Waals surface area contributed by atoms with Gasteiger partial charge >= 0.3 is 12.0 Å². The van der Waals surface area contributed by atoms with Crippen molar-refractivity contribution in [3.63, 3.8) is 0 Å². The summed E-state index contributed by atoms with van der Waals surface area (Å²) in [6.07, 6.45) is 0.437. The summed E-state index contributed by atoms with van der Waals surface area (Å²) < 4.78 is 5.07. The van der Waals surface area contributed by atoms with Gasteiger partial charge in [0.2, 0.25) is 0 Å². The van der Waals surface area contributed by atoms with Gasteiger partial charge in [-0.2, -0.15) is 0 Å². The minimum absolute atomic E-state index is 0.0234. The van der Waals surface area contributed by atoms with Gasteiger partial charge in [-0.05, 0) is 31.0 Å². The molecule has 124 valence electrons. The van der Waals surface area contributed by atoms with Crippen LogP contribution in [0.4, 0.5) is 4.79 Å². The van der Waals surface area contributed by atoms with Gasteiger partial charge in [0.15, 0.2) is 0 Å². The number of carbonyl (C=O) groups is 3. The Morgan fingerprint density at radius 2 is 2.00 bits per heavy atom. The standard InChI is InChI=1S/C15H16Cl2N2O4/c1-3-15(2)13(21)19(14(22)18-15)7-12(20)23-8-9-4-5-10(16)11(17)6-9/h4-6H,3,7-8H2,1-2H3,(H,18,22). The number of carbonyl (C=O) groups excluding carboxylic acids is 3. The van der Waals surface area contributed by atoms with Crippen LogP contribution < -0.4 is 5.32 Å². The van der Waals surface area contributed by atoms with Crippen LogP contribution >= 0.6 is 23.2 Å². The molecule has 1 unspecified atom stereocenters. The van der Waals surface area contributed by atoms with Crippen LogP contribution in [0, 0.1) is 0 Å². The van der Waals surface area contributed by atoms with Crippen molar-refractivity contribution in [3.8, 4) is 0 Å². The molecule has 3 amide bonds. The highest BCUT2D eigenvalue weighted by atomic mass is 35.5. The van der Waals surface area contributed by atoms with Crippen molar-refractivity contribution in [3.05, 3.63) is 33.8 Å². The maximum absolute atomic E-state index is 12.2. The number of esters is 1. The molecule has 1 atom stereocenters. The van der Waals surface area contributed by atoms with Crippen molar-refractivity contribution in [1.29, 1.82) is 0 Å². The van der Waals surface area contributed by atoms with E-state index in [1.54, 1.807) is 32.0 Å². The van der Waals surface area contributed by atoms with Crippen LogP contribution in [-0.4, -0.2) is 34.9 Å². The Bertz CT molecular complexity index is 665. The van der Waals surface area contributed by atoms with Gasteiger partial charge in [-0.15, -0.1) is 0 Å². The normalized spacial score (nSPS) is 20.6. The van der Waals surface area contributed by atoms with Gasteiger partial charge in [-0.3, -0.25) is 14.5 Å². The number of nitrogens with zero attached hydrogens (tertiary/aromatic N) is 1. The fraction of sp³-hybridized carbons (Fsp3) is 0.400. The van der Waals surface area contributed by atoms with Crippen LogP contribution in [0.3, 0.4) is 0 Å². The fourth-order valence-electron chi connectivity index (χ4n) is 2.10. The molecule has 0 saturated carbocycles. The number of amides is 3. The number of nitrogens with one attached hydrogen (secondary N) is 1. The first-order valence-corrected chi connectivity index (χ1v) is 7.76. The Labute approximate surface area is 143 Å². The topological polar surface area (TPSA) is 75.7 Å². The lowest BCUT2D eigenvalue weighted by atomic mass is 9.99. The van der Waals surface area contributed by atoms with E-state index in [9.17, 15) is 14.4 Å². The zero-order valence-electron chi connectivity index (χ0n) is 12.7. The second-order valence-corrected chi connectivity index (χ2v) is 6.23. The fourth-order valence-corrected chi connectivity index (χ4v) is 2.42. The van der Waals surface area contributed by atoms with Crippen LogP contribution in [0.1, 0.15) is 25.8 Å². The van der Waals surface area contributed by atoms with E-state index in [1.165, 1.54) is 0 Å². The molecule has 0 radical (unpaired) electrons. The minimum Gasteiger partial charge on any atom is -0.459 e. The molecule has 2 rings (SSSR count). The van der Waals surface area contributed by atoms with Gasteiger partial charge in [0.1, 0.15) is 18.7 Å². The molecule has 23 heavy (non-hydrogen) atoms. The maximum Gasteiger partial charge on any atom is 0.326 e. The third-order valence-corrected chi connectivity index (χ3v) is 4.46. The second kappa shape index (κ2) is 6.76. The van der Waals surface area contributed by atoms with E-state index in [1.807, 2.05) is 0 Å². The number of halogens is 2. The molecule has 0 bridgehead atoms. The molecule has 1 aromatic rings. The predicted molar refractivity (Wildman–Crippen MR) is 85.2 cm³/mol. The SMILES string of the molecule is CCC1(C)NC(=O)N(CC(=O)OCc2ccc(Cl)c(Cl)c2)C1=O. The Morgan fingerprint density at radius 1 is 1.30 bits per heavy atom. The van der Waals surface area contributed by atoms with Gasteiger partial charge in [-0.25, -0.2) is 4.79 Å². The number of imide groups is 1. The van der Waals surface area contributed by atoms with Crippen molar-refractivity contribution in [2.24, 2.45) is 0 Å². The lowest BCUT2D eigenvalue weighted by Gasteiger charge is -2.18. The minimum atomic E-state index is -0.971. The summed E-state index contributed by atoms with van der Waals surface area (Å²) >= 11 is 11.7. The summed E-state index contributed by atoms with van der Waals surface area (Å²) in [5, 5.41) is 3.33. The molecule has 1 saturated heterocycles. The highest BCUT2D eigenvalue weighted by Crippen LogP contribution is 2.23. The number of hydrogen-bond donors (Lipinski definition) is 1. The van der Waals surface area contributed by atoms with E-state index in [-0.39, 0.29) is 6.61 Å². The van der Waals surface area contributed by atoms with Crippen LogP contribution in [0.5, 0.6) is 0 Å². The van der Waals surface area contributed by atoms with Crippen molar-refractivity contribution in [2.75, 3.05) is 6.54 Å². The largest absolute Gasteiger partial charge is 0.459 e. The van der Waals surface area contributed by atoms with Gasteiger partial charge in [-0.1, -0.05) is 36.2 Å². The smallest absolute Gasteiger partial charge is 0.326 e. The molecule has 1 aliphatic heterocycles. The Hall–Kier alpha value is -1.79. The number of hydrogen-bond acceptors (Lipinski definition) is 4. The lowest BCUT2D eigenvalue weighted by Crippen LogP contribution is -2.43. The summed E-state index contributed by atoms with van der Waals surface area (Å²) in [6, 6.07) is 4.25. The average molecular weight is 359 g/mol. The Balaban J connectivity index is 1.93. The van der Waals surface area contributed by atoms with E-state index in [4.69, 9.17) is 27.9 Å². The summed E-state index contributed by atoms with van der Waals surface area (Å²) in [5.41, 5.74) is -0.315. The number of ether oxygens (including phenoxy) is 1. The molecular formula is C15H16Cl2N2O4. The monoisotopic (exact) mass is 358 g/mol.